The summed E-state index contributed by atoms with van der Waals surface area (Å²) in [6.45, 7) is 6.54. The molecule has 0 fully saturated rings. The summed E-state index contributed by atoms with van der Waals surface area (Å²) in [5.41, 5.74) is 2.09. The molecular weight excluding hydrogens is 370 g/mol. The van der Waals surface area contributed by atoms with Crippen LogP contribution >= 0.6 is 0 Å². The largest absolute Gasteiger partial charge is 0.490 e. The van der Waals surface area contributed by atoms with E-state index in [1.165, 1.54) is 18.2 Å². The minimum atomic E-state index is -0.781. The van der Waals surface area contributed by atoms with Crippen LogP contribution in [0.5, 0.6) is 17.2 Å². The number of carbonyl (C=O) groups is 1. The van der Waals surface area contributed by atoms with E-state index in [0.29, 0.717) is 37.1 Å². The van der Waals surface area contributed by atoms with Crippen molar-refractivity contribution in [1.82, 2.24) is 5.43 Å². The molecule has 0 aliphatic heterocycles. The van der Waals surface area contributed by atoms with Crippen LogP contribution in [-0.2, 0) is 0 Å². The quantitative estimate of drug-likeness (QED) is 0.519. The highest BCUT2D eigenvalue weighted by Gasteiger charge is 2.18. The summed E-state index contributed by atoms with van der Waals surface area (Å²) in [5, 5.41) is 3.63. The first kappa shape index (κ1) is 21.1. The molecule has 2 aromatic rings. The van der Waals surface area contributed by atoms with Gasteiger partial charge >= 0.3 is 0 Å². The van der Waals surface area contributed by atoms with Gasteiger partial charge in [0.05, 0.1) is 31.6 Å². The Morgan fingerprint density at radius 2 is 1.54 bits per heavy atom. The number of amides is 1. The molecule has 0 aliphatic carbocycles. The monoisotopic (exact) mass is 392 g/mol. The Morgan fingerprint density at radius 3 is 2.04 bits per heavy atom. The van der Waals surface area contributed by atoms with Crippen molar-refractivity contribution < 1.29 is 27.8 Å². The minimum absolute atomic E-state index is 0.196. The van der Waals surface area contributed by atoms with E-state index in [-0.39, 0.29) is 11.1 Å². The van der Waals surface area contributed by atoms with Gasteiger partial charge in [-0.1, -0.05) is 6.07 Å². The number of hydrazone groups is 1. The highest BCUT2D eigenvalue weighted by atomic mass is 19.1. The average molecular weight is 392 g/mol. The zero-order chi connectivity index (χ0) is 20.5. The highest BCUT2D eigenvalue weighted by molar-refractivity contribution is 5.96. The summed E-state index contributed by atoms with van der Waals surface area (Å²) in [6.07, 6.45) is 0.907. The fourth-order valence-corrected chi connectivity index (χ4v) is 2.37. The van der Waals surface area contributed by atoms with Gasteiger partial charge < -0.3 is 14.2 Å². The predicted molar refractivity (Wildman–Crippen MR) is 101 cm³/mol. The maximum Gasteiger partial charge on any atom is 0.271 e. The van der Waals surface area contributed by atoms with E-state index in [2.05, 4.69) is 10.5 Å². The number of ether oxygens (including phenoxy) is 3. The van der Waals surface area contributed by atoms with Gasteiger partial charge in [0, 0.05) is 5.56 Å². The van der Waals surface area contributed by atoms with Crippen molar-refractivity contribution in [3.05, 3.63) is 53.1 Å². The van der Waals surface area contributed by atoms with E-state index < -0.39 is 17.5 Å². The molecule has 1 N–H and O–H groups in total. The number of nitrogens with zero attached hydrogens (tertiary/aromatic N) is 1. The Balaban J connectivity index is 2.27. The normalized spacial score (nSPS) is 10.8. The third-order valence-corrected chi connectivity index (χ3v) is 3.53. The fraction of sp³-hybridized carbons (Fsp3) is 0.300. The lowest BCUT2D eigenvalue weighted by atomic mass is 10.1. The van der Waals surface area contributed by atoms with Crippen molar-refractivity contribution in [2.75, 3.05) is 19.8 Å². The van der Waals surface area contributed by atoms with Gasteiger partial charge in [0.25, 0.3) is 5.91 Å². The van der Waals surface area contributed by atoms with Gasteiger partial charge in [0.15, 0.2) is 11.5 Å². The van der Waals surface area contributed by atoms with Crippen molar-refractivity contribution in [2.45, 2.75) is 20.8 Å². The number of carbonyl (C=O) groups excluding carboxylic acids is 1. The lowest BCUT2D eigenvalue weighted by Crippen LogP contribution is -2.18. The van der Waals surface area contributed by atoms with Crippen molar-refractivity contribution in [3.8, 4) is 17.2 Å². The molecule has 0 unspecified atom stereocenters. The van der Waals surface area contributed by atoms with Crippen LogP contribution in [0.1, 0.15) is 36.7 Å². The molecule has 0 aromatic heterocycles. The molecule has 0 aliphatic rings. The maximum atomic E-state index is 13.6. The van der Waals surface area contributed by atoms with Crippen molar-refractivity contribution >= 4 is 12.1 Å². The molecule has 0 spiro atoms. The van der Waals surface area contributed by atoms with Gasteiger partial charge in [-0.05, 0) is 45.0 Å². The predicted octanol–water partition coefficient (Wildman–Crippen LogP) is 3.92. The third kappa shape index (κ3) is 5.18. The van der Waals surface area contributed by atoms with Crippen LogP contribution < -0.4 is 19.6 Å². The molecule has 1 amide bonds. The molecule has 0 radical (unpaired) electrons. The Bertz CT molecular complexity index is 809. The molecular formula is C20H22F2N2O4. The van der Waals surface area contributed by atoms with Crippen molar-refractivity contribution in [2.24, 2.45) is 5.10 Å². The lowest BCUT2D eigenvalue weighted by Gasteiger charge is -2.16. The second kappa shape index (κ2) is 10.2. The fourth-order valence-electron chi connectivity index (χ4n) is 2.37. The second-order valence-electron chi connectivity index (χ2n) is 5.44. The number of hydrogen-bond acceptors (Lipinski definition) is 5. The summed E-state index contributed by atoms with van der Waals surface area (Å²) >= 11 is 0. The first-order valence-corrected chi connectivity index (χ1v) is 8.85. The molecule has 0 saturated carbocycles. The minimum Gasteiger partial charge on any atom is -0.490 e. The second-order valence-corrected chi connectivity index (χ2v) is 5.44. The number of hydrogen-bond donors (Lipinski definition) is 1. The molecule has 0 saturated heterocycles. The number of nitrogens with one attached hydrogen (secondary N) is 1. The average Bonchev–Trinajstić information content (AvgIpc) is 2.66. The van der Waals surface area contributed by atoms with Gasteiger partial charge in [-0.2, -0.15) is 5.10 Å². The topological polar surface area (TPSA) is 69.2 Å². The van der Waals surface area contributed by atoms with Gasteiger partial charge in [-0.3, -0.25) is 4.79 Å². The van der Waals surface area contributed by atoms with Gasteiger partial charge in [-0.25, -0.2) is 14.2 Å². The van der Waals surface area contributed by atoms with Gasteiger partial charge in [0.2, 0.25) is 5.75 Å². The van der Waals surface area contributed by atoms with Crippen LogP contribution in [0, 0.1) is 11.6 Å². The summed E-state index contributed by atoms with van der Waals surface area (Å²) in [7, 11) is 0. The van der Waals surface area contributed by atoms with E-state index in [9.17, 15) is 13.6 Å². The van der Waals surface area contributed by atoms with E-state index in [1.54, 1.807) is 13.8 Å². The van der Waals surface area contributed by atoms with Crippen molar-refractivity contribution in [3.63, 3.8) is 0 Å². The smallest absolute Gasteiger partial charge is 0.271 e. The lowest BCUT2D eigenvalue weighted by molar-refractivity contribution is 0.0954. The number of benzene rings is 2. The summed E-state index contributed by atoms with van der Waals surface area (Å²) in [6, 6.07) is 6.42. The molecule has 6 nitrogen and oxygen atoms in total. The van der Waals surface area contributed by atoms with E-state index in [1.807, 2.05) is 6.92 Å². The molecule has 0 atom stereocenters. The molecule has 150 valence electrons. The van der Waals surface area contributed by atoms with Gasteiger partial charge in [-0.15, -0.1) is 0 Å². The SMILES string of the molecule is CCOc1cc(C(=O)N/N=C/c2c(F)cccc2F)cc(OCC)c1OCC. The third-order valence-electron chi connectivity index (χ3n) is 3.53. The molecule has 2 rings (SSSR count). The Labute approximate surface area is 162 Å². The summed E-state index contributed by atoms with van der Waals surface area (Å²) < 4.78 is 43.9. The Morgan fingerprint density at radius 1 is 1.00 bits per heavy atom. The van der Waals surface area contributed by atoms with E-state index in [0.717, 1.165) is 18.3 Å². The van der Waals surface area contributed by atoms with Crippen LogP contribution in [0.4, 0.5) is 8.78 Å². The van der Waals surface area contributed by atoms with E-state index in [4.69, 9.17) is 14.2 Å². The highest BCUT2D eigenvalue weighted by Crippen LogP contribution is 2.39. The summed E-state index contributed by atoms with van der Waals surface area (Å²) in [5.74, 6) is -1.06. The van der Waals surface area contributed by atoms with E-state index >= 15 is 0 Å². The number of rotatable bonds is 9. The molecule has 0 heterocycles. The molecule has 2 aromatic carbocycles. The van der Waals surface area contributed by atoms with Crippen LogP contribution in [-0.4, -0.2) is 31.9 Å². The Kier molecular flexibility index (Phi) is 7.74. The first-order chi connectivity index (χ1) is 13.5. The van der Waals surface area contributed by atoms with Crippen LogP contribution in [0.3, 0.4) is 0 Å². The Hall–Kier alpha value is -3.16. The molecule has 0 bridgehead atoms. The zero-order valence-corrected chi connectivity index (χ0v) is 15.9. The van der Waals surface area contributed by atoms with Crippen LogP contribution in [0.2, 0.25) is 0 Å². The maximum absolute atomic E-state index is 13.6. The van der Waals surface area contributed by atoms with Gasteiger partial charge in [0.1, 0.15) is 11.6 Å². The van der Waals surface area contributed by atoms with Crippen LogP contribution in [0.15, 0.2) is 35.4 Å². The summed E-state index contributed by atoms with van der Waals surface area (Å²) in [4.78, 5) is 12.4. The number of halogens is 2. The standard InChI is InChI=1S/C20H22F2N2O4/c1-4-26-17-10-13(11-18(27-5-2)19(17)28-6-3)20(25)24-23-12-14-15(21)8-7-9-16(14)22/h7-12H,4-6H2,1-3H3,(H,24,25)/b23-12+. The van der Waals surface area contributed by atoms with Crippen LogP contribution in [0.25, 0.3) is 0 Å². The zero-order valence-electron chi connectivity index (χ0n) is 15.9. The first-order valence-electron chi connectivity index (χ1n) is 8.85. The molecule has 8 heteroatoms. The van der Waals surface area contributed by atoms with Crippen molar-refractivity contribution in [1.29, 1.82) is 0 Å². The molecule has 28 heavy (non-hydrogen) atoms.